The number of carbonyl (C=O) groups is 1. The van der Waals surface area contributed by atoms with Gasteiger partial charge in [0.25, 0.3) is 5.91 Å². The summed E-state index contributed by atoms with van der Waals surface area (Å²) in [4.78, 5) is 20.9. The Morgan fingerprint density at radius 2 is 2.00 bits per heavy atom. The Hall–Kier alpha value is -3.17. The maximum Gasteiger partial charge on any atom is 0.274 e. The lowest BCUT2D eigenvalue weighted by Crippen LogP contribution is -2.50. The summed E-state index contributed by atoms with van der Waals surface area (Å²) in [5, 5.41) is 10.9. The molecule has 0 radical (unpaired) electrons. The fourth-order valence-electron chi connectivity index (χ4n) is 6.27. The molecule has 2 aliphatic heterocycles. The topological polar surface area (TPSA) is 85.2 Å². The highest BCUT2D eigenvalue weighted by Gasteiger charge is 2.51. The summed E-state index contributed by atoms with van der Waals surface area (Å²) in [5.74, 6) is 0.467. The first-order valence-corrected chi connectivity index (χ1v) is 14.1. The lowest BCUT2D eigenvalue weighted by Gasteiger charge is -2.43. The van der Waals surface area contributed by atoms with E-state index in [9.17, 15) is 4.79 Å². The molecule has 39 heavy (non-hydrogen) atoms. The molecule has 1 N–H and O–H groups in total. The summed E-state index contributed by atoms with van der Waals surface area (Å²) in [6.07, 6.45) is 6.35. The van der Waals surface area contributed by atoms with Crippen molar-refractivity contribution < 1.29 is 13.9 Å². The number of anilines is 1. The van der Waals surface area contributed by atoms with Crippen LogP contribution in [0.2, 0.25) is 0 Å². The van der Waals surface area contributed by atoms with Gasteiger partial charge in [0.05, 0.1) is 18.6 Å². The number of ether oxygens (including phenoxy) is 1. The van der Waals surface area contributed by atoms with Crippen LogP contribution in [0.3, 0.4) is 0 Å². The summed E-state index contributed by atoms with van der Waals surface area (Å²) in [7, 11) is 1.73. The van der Waals surface area contributed by atoms with Crippen LogP contribution in [0.4, 0.5) is 10.1 Å². The van der Waals surface area contributed by atoms with Gasteiger partial charge in [-0.2, -0.15) is 0 Å². The van der Waals surface area contributed by atoms with Gasteiger partial charge in [0.2, 0.25) is 0 Å². The summed E-state index contributed by atoms with van der Waals surface area (Å²) in [5.41, 5.74) is 3.68. The van der Waals surface area contributed by atoms with Crippen molar-refractivity contribution in [1.82, 2.24) is 24.6 Å². The zero-order valence-electron chi connectivity index (χ0n) is 22.6. The minimum absolute atomic E-state index is 0.239. The van der Waals surface area contributed by atoms with Crippen molar-refractivity contribution in [3.8, 4) is 0 Å². The van der Waals surface area contributed by atoms with E-state index in [0.717, 1.165) is 42.8 Å². The van der Waals surface area contributed by atoms with E-state index in [1.165, 1.54) is 25.6 Å². The molecule has 2 atom stereocenters. The van der Waals surface area contributed by atoms with Crippen LogP contribution >= 0.6 is 0 Å². The molecule has 4 heterocycles. The molecule has 9 heteroatoms. The Morgan fingerprint density at radius 3 is 2.64 bits per heavy atom. The lowest BCUT2D eigenvalue weighted by atomic mass is 9.74. The molecule has 204 valence electrons. The Balaban J connectivity index is 1.13. The average Bonchev–Trinajstić information content (AvgIpc) is 3.81. The highest BCUT2D eigenvalue weighted by atomic mass is 19.1. The van der Waals surface area contributed by atoms with Gasteiger partial charge in [-0.3, -0.25) is 9.69 Å². The number of hydrogen-bond donors (Lipinski definition) is 1. The third-order valence-electron chi connectivity index (χ3n) is 9.42. The summed E-state index contributed by atoms with van der Waals surface area (Å²) < 4.78 is 22.9. The van der Waals surface area contributed by atoms with Gasteiger partial charge in [-0.15, -0.1) is 10.2 Å². The predicted molar refractivity (Wildman–Crippen MR) is 144 cm³/mol. The van der Waals surface area contributed by atoms with Crippen molar-refractivity contribution in [2.75, 3.05) is 31.6 Å². The average molecular weight is 531 g/mol. The highest BCUT2D eigenvalue weighted by Crippen LogP contribution is 2.54. The molecule has 7 rings (SSSR count). The number of alkyl halides is 1. The van der Waals surface area contributed by atoms with Crippen LogP contribution in [0.25, 0.3) is 0 Å². The summed E-state index contributed by atoms with van der Waals surface area (Å²) in [6, 6.07) is 11.8. The number of carbonyl (C=O) groups excluding carboxylic acids is 1. The van der Waals surface area contributed by atoms with Gasteiger partial charge in [0, 0.05) is 36.9 Å². The smallest absolute Gasteiger partial charge is 0.274 e. The Bertz CT molecular complexity index is 1410. The van der Waals surface area contributed by atoms with E-state index in [1.54, 1.807) is 11.6 Å². The largest absolute Gasteiger partial charge is 0.379 e. The van der Waals surface area contributed by atoms with Gasteiger partial charge < -0.3 is 14.6 Å². The fraction of sp³-hybridized carbons (Fsp3) is 0.533. The van der Waals surface area contributed by atoms with Crippen molar-refractivity contribution in [3.63, 3.8) is 0 Å². The molecule has 1 amide bonds. The molecule has 2 aliphatic carbocycles. The molecule has 2 saturated heterocycles. The first kappa shape index (κ1) is 24.8. The van der Waals surface area contributed by atoms with Crippen molar-refractivity contribution in [2.45, 2.75) is 62.6 Å². The van der Waals surface area contributed by atoms with E-state index in [1.807, 2.05) is 30.3 Å². The first-order chi connectivity index (χ1) is 18.9. The lowest BCUT2D eigenvalue weighted by molar-refractivity contribution is -0.102. The molecule has 0 unspecified atom stereocenters. The number of aromatic nitrogens is 4. The quantitative estimate of drug-likeness (QED) is 0.448. The third kappa shape index (κ3) is 4.45. The van der Waals surface area contributed by atoms with Crippen LogP contribution in [0.1, 0.15) is 90.3 Å². The second kappa shape index (κ2) is 9.20. The monoisotopic (exact) mass is 530 g/mol. The van der Waals surface area contributed by atoms with Gasteiger partial charge >= 0.3 is 0 Å². The number of nitrogens with one attached hydrogen (secondary N) is 1. The minimum atomic E-state index is -1.38. The maximum atomic E-state index is 15.8. The molecule has 4 aliphatic rings. The Kier molecular flexibility index (Phi) is 5.86. The van der Waals surface area contributed by atoms with Crippen LogP contribution in [-0.2, 0) is 17.2 Å². The standard InChI is InChI=1S/C30H35FN6O2/c1-19(37-11-10-29(15-37)8-9-29)21-12-24(20-6-7-20)34-25(13-21)28(38)33-23-5-3-4-22(14-23)30(16-39-17-30)26(31)27-35-32-18-36(27)2/h3-5,12-14,18-20,26H,6-11,15-17H2,1-2H3,(H,33,38)/t19-,26-/m0/s1. The van der Waals surface area contributed by atoms with Crippen molar-refractivity contribution in [1.29, 1.82) is 0 Å². The van der Waals surface area contributed by atoms with Gasteiger partial charge in [-0.05, 0) is 86.4 Å². The number of amides is 1. The van der Waals surface area contributed by atoms with E-state index in [2.05, 4.69) is 33.4 Å². The number of hydrogen-bond acceptors (Lipinski definition) is 6. The second-order valence-corrected chi connectivity index (χ2v) is 12.2. The molecular weight excluding hydrogens is 495 g/mol. The minimum Gasteiger partial charge on any atom is -0.379 e. The van der Waals surface area contributed by atoms with Crippen LogP contribution < -0.4 is 5.32 Å². The predicted octanol–water partition coefficient (Wildman–Crippen LogP) is 4.87. The van der Waals surface area contributed by atoms with Crippen LogP contribution in [0.15, 0.2) is 42.7 Å². The number of nitrogens with zero attached hydrogens (tertiary/aromatic N) is 5. The molecule has 8 nitrogen and oxygen atoms in total. The first-order valence-electron chi connectivity index (χ1n) is 14.1. The molecule has 1 spiro atoms. The van der Waals surface area contributed by atoms with E-state index in [4.69, 9.17) is 9.72 Å². The Labute approximate surface area is 228 Å². The summed E-state index contributed by atoms with van der Waals surface area (Å²) in [6.45, 7) is 5.00. The number of aryl methyl sites for hydroxylation is 1. The Morgan fingerprint density at radius 1 is 1.18 bits per heavy atom. The zero-order valence-corrected chi connectivity index (χ0v) is 22.6. The van der Waals surface area contributed by atoms with Crippen molar-refractivity contribution in [2.24, 2.45) is 12.5 Å². The number of benzene rings is 1. The molecule has 2 aromatic heterocycles. The van der Waals surface area contributed by atoms with Crippen molar-refractivity contribution >= 4 is 11.6 Å². The fourth-order valence-corrected chi connectivity index (χ4v) is 6.27. The van der Waals surface area contributed by atoms with Gasteiger partial charge in [0.1, 0.15) is 12.0 Å². The van der Waals surface area contributed by atoms with Gasteiger partial charge in [-0.25, -0.2) is 9.37 Å². The molecule has 3 aromatic rings. The summed E-state index contributed by atoms with van der Waals surface area (Å²) >= 11 is 0. The third-order valence-corrected chi connectivity index (χ3v) is 9.42. The number of pyridine rings is 1. The van der Waals surface area contributed by atoms with E-state index in [-0.39, 0.29) is 31.0 Å². The van der Waals surface area contributed by atoms with Crippen LogP contribution in [0, 0.1) is 5.41 Å². The molecule has 2 saturated carbocycles. The van der Waals surface area contributed by atoms with Gasteiger partial charge in [0.15, 0.2) is 12.0 Å². The SMILES string of the molecule is C[C@@H](c1cc(C(=O)Nc2cccc(C3([C@@H](F)c4nncn4C)COC3)c2)nc(C2CC2)c1)N1CCC2(CC2)C1. The number of likely N-dealkylation sites (tertiary alicyclic amines) is 1. The highest BCUT2D eigenvalue weighted by molar-refractivity contribution is 6.03. The number of rotatable bonds is 8. The molecule has 0 bridgehead atoms. The normalized spacial score (nSPS) is 22.8. The van der Waals surface area contributed by atoms with E-state index < -0.39 is 11.6 Å². The molecular formula is C30H35FN6O2. The molecule has 1 aromatic carbocycles. The number of halogens is 1. The van der Waals surface area contributed by atoms with Crippen LogP contribution in [0.5, 0.6) is 0 Å². The zero-order chi connectivity index (χ0) is 26.8. The maximum absolute atomic E-state index is 15.8. The van der Waals surface area contributed by atoms with Crippen LogP contribution in [-0.4, -0.2) is 56.9 Å². The second-order valence-electron chi connectivity index (χ2n) is 12.2. The van der Waals surface area contributed by atoms with Crippen molar-refractivity contribution in [3.05, 3.63) is 71.1 Å². The van der Waals surface area contributed by atoms with E-state index in [0.29, 0.717) is 22.7 Å². The molecule has 4 fully saturated rings. The van der Waals surface area contributed by atoms with Gasteiger partial charge in [-0.1, -0.05) is 12.1 Å². The van der Waals surface area contributed by atoms with E-state index >= 15 is 4.39 Å².